The molecule has 0 aliphatic heterocycles. The molecule has 0 saturated carbocycles. The van der Waals surface area contributed by atoms with E-state index in [1.54, 1.807) is 36.4 Å². The predicted octanol–water partition coefficient (Wildman–Crippen LogP) is 4.46. The van der Waals surface area contributed by atoms with Crippen LogP contribution in [0.25, 0.3) is 0 Å². The Kier molecular flexibility index (Phi) is 7.28. The zero-order valence-electron chi connectivity index (χ0n) is 19.4. The highest BCUT2D eigenvalue weighted by Crippen LogP contribution is 2.35. The summed E-state index contributed by atoms with van der Waals surface area (Å²) in [6.07, 6.45) is 0. The molecule has 33 heavy (non-hydrogen) atoms. The van der Waals surface area contributed by atoms with Crippen molar-refractivity contribution in [2.24, 2.45) is 0 Å². The minimum absolute atomic E-state index is 0.0745. The zero-order chi connectivity index (χ0) is 24.2. The van der Waals surface area contributed by atoms with Crippen LogP contribution in [0.3, 0.4) is 0 Å². The van der Waals surface area contributed by atoms with E-state index in [0.717, 1.165) is 21.0 Å². The topological polar surface area (TPSA) is 84.9 Å². The lowest BCUT2D eigenvalue weighted by atomic mass is 10.1. The number of aryl methyl sites for hydroxylation is 2. The molecule has 0 aromatic heterocycles. The second-order valence-corrected chi connectivity index (χ2v) is 9.52. The second kappa shape index (κ2) is 9.95. The van der Waals surface area contributed by atoms with E-state index in [9.17, 15) is 13.2 Å². The molecular weight excluding hydrogens is 440 g/mol. The third-order valence-electron chi connectivity index (χ3n) is 5.43. The van der Waals surface area contributed by atoms with Gasteiger partial charge in [0.1, 0.15) is 18.0 Å². The number of nitrogens with one attached hydrogen (secondary N) is 1. The number of hydrogen-bond donors (Lipinski definition) is 1. The van der Waals surface area contributed by atoms with Crippen molar-refractivity contribution in [3.63, 3.8) is 0 Å². The molecule has 1 amide bonds. The Morgan fingerprint density at radius 3 is 2.27 bits per heavy atom. The van der Waals surface area contributed by atoms with Crippen LogP contribution in [0.15, 0.2) is 65.6 Å². The quantitative estimate of drug-likeness (QED) is 0.528. The maximum Gasteiger partial charge on any atom is 0.264 e. The number of rotatable bonds is 8. The molecule has 3 rings (SSSR count). The van der Waals surface area contributed by atoms with Crippen molar-refractivity contribution in [2.75, 3.05) is 30.4 Å². The zero-order valence-corrected chi connectivity index (χ0v) is 20.2. The SMILES string of the molecule is COc1ccc(N(CC(=O)Nc2cccc(C)c2C)S(=O)(=O)c2ccc(C)cc2)c(OC)c1. The van der Waals surface area contributed by atoms with E-state index < -0.39 is 22.5 Å². The molecule has 1 N–H and O–H groups in total. The number of carbonyl (C=O) groups excluding carboxylic acids is 1. The number of anilines is 2. The fourth-order valence-electron chi connectivity index (χ4n) is 3.33. The molecule has 3 aromatic rings. The summed E-state index contributed by atoms with van der Waals surface area (Å²) in [5.41, 5.74) is 3.73. The highest BCUT2D eigenvalue weighted by atomic mass is 32.2. The molecule has 0 heterocycles. The van der Waals surface area contributed by atoms with Crippen molar-refractivity contribution < 1.29 is 22.7 Å². The van der Waals surface area contributed by atoms with Gasteiger partial charge in [-0.15, -0.1) is 0 Å². The minimum atomic E-state index is -4.08. The predicted molar refractivity (Wildman–Crippen MR) is 130 cm³/mol. The fourth-order valence-corrected chi connectivity index (χ4v) is 4.77. The first-order valence-electron chi connectivity index (χ1n) is 10.3. The molecule has 0 spiro atoms. The van der Waals surface area contributed by atoms with Crippen molar-refractivity contribution >= 4 is 27.3 Å². The number of amides is 1. The Hall–Kier alpha value is -3.52. The van der Waals surface area contributed by atoms with Crippen molar-refractivity contribution in [3.8, 4) is 11.5 Å². The van der Waals surface area contributed by atoms with Crippen LogP contribution in [0, 0.1) is 20.8 Å². The van der Waals surface area contributed by atoms with Crippen molar-refractivity contribution in [1.82, 2.24) is 0 Å². The number of benzene rings is 3. The van der Waals surface area contributed by atoms with E-state index in [0.29, 0.717) is 11.4 Å². The molecule has 3 aromatic carbocycles. The molecule has 0 unspecified atom stereocenters. The highest BCUT2D eigenvalue weighted by molar-refractivity contribution is 7.92. The lowest BCUT2D eigenvalue weighted by Crippen LogP contribution is -2.38. The summed E-state index contributed by atoms with van der Waals surface area (Å²) in [5, 5.41) is 2.83. The van der Waals surface area contributed by atoms with E-state index in [4.69, 9.17) is 9.47 Å². The number of sulfonamides is 1. The van der Waals surface area contributed by atoms with Crippen LogP contribution >= 0.6 is 0 Å². The maximum absolute atomic E-state index is 13.6. The van der Waals surface area contributed by atoms with Crippen LogP contribution in [-0.4, -0.2) is 35.1 Å². The second-order valence-electron chi connectivity index (χ2n) is 7.66. The van der Waals surface area contributed by atoms with Gasteiger partial charge in [0.2, 0.25) is 5.91 Å². The minimum Gasteiger partial charge on any atom is -0.497 e. The normalized spacial score (nSPS) is 11.1. The van der Waals surface area contributed by atoms with Gasteiger partial charge in [0, 0.05) is 11.8 Å². The Balaban J connectivity index is 2.05. The third-order valence-corrected chi connectivity index (χ3v) is 7.20. The average Bonchev–Trinajstić information content (AvgIpc) is 2.80. The van der Waals surface area contributed by atoms with Gasteiger partial charge in [0.05, 0.1) is 24.8 Å². The summed E-state index contributed by atoms with van der Waals surface area (Å²) in [5.74, 6) is 0.296. The van der Waals surface area contributed by atoms with Crippen molar-refractivity contribution in [2.45, 2.75) is 25.7 Å². The van der Waals surface area contributed by atoms with Gasteiger partial charge >= 0.3 is 0 Å². The summed E-state index contributed by atoms with van der Waals surface area (Å²) in [4.78, 5) is 13.1. The van der Waals surface area contributed by atoms with Gasteiger partial charge in [0.15, 0.2) is 0 Å². The third kappa shape index (κ3) is 5.28. The molecule has 0 aliphatic rings. The molecule has 7 nitrogen and oxygen atoms in total. The Morgan fingerprint density at radius 1 is 0.939 bits per heavy atom. The molecule has 0 atom stereocenters. The summed E-state index contributed by atoms with van der Waals surface area (Å²) in [6.45, 7) is 5.28. The van der Waals surface area contributed by atoms with Gasteiger partial charge in [-0.05, 0) is 62.2 Å². The number of ether oxygens (including phenoxy) is 2. The lowest BCUT2D eigenvalue weighted by Gasteiger charge is -2.26. The first kappa shape index (κ1) is 24.1. The standard InChI is InChI=1S/C25H28N2O5S/c1-17-9-12-21(13-10-17)33(29,30)27(23-14-11-20(31-4)15-24(23)32-5)16-25(28)26-22-8-6-7-18(2)19(22)3/h6-15H,16H2,1-5H3,(H,26,28). The van der Waals surface area contributed by atoms with Crippen LogP contribution in [0.4, 0.5) is 11.4 Å². The van der Waals surface area contributed by atoms with Crippen LogP contribution in [0.1, 0.15) is 16.7 Å². The van der Waals surface area contributed by atoms with Gasteiger partial charge in [-0.3, -0.25) is 9.10 Å². The number of carbonyl (C=O) groups is 1. The smallest absolute Gasteiger partial charge is 0.264 e. The maximum atomic E-state index is 13.6. The summed E-state index contributed by atoms with van der Waals surface area (Å²) < 4.78 is 39.0. The molecule has 8 heteroatoms. The molecule has 0 fully saturated rings. The summed E-state index contributed by atoms with van der Waals surface area (Å²) in [6, 6.07) is 16.8. The van der Waals surface area contributed by atoms with E-state index in [2.05, 4.69) is 5.32 Å². The number of nitrogens with zero attached hydrogens (tertiary/aromatic N) is 1. The van der Waals surface area contributed by atoms with E-state index >= 15 is 0 Å². The highest BCUT2D eigenvalue weighted by Gasteiger charge is 2.30. The monoisotopic (exact) mass is 468 g/mol. The molecule has 0 radical (unpaired) electrons. The Labute approximate surface area is 195 Å². The van der Waals surface area contributed by atoms with Gasteiger partial charge in [-0.2, -0.15) is 0 Å². The van der Waals surface area contributed by atoms with Gasteiger partial charge in [-0.1, -0.05) is 29.8 Å². The molecule has 0 bridgehead atoms. The van der Waals surface area contributed by atoms with Crippen LogP contribution in [-0.2, 0) is 14.8 Å². The molecule has 0 aliphatic carbocycles. The van der Waals surface area contributed by atoms with E-state index in [1.807, 2.05) is 32.9 Å². The van der Waals surface area contributed by atoms with Crippen LogP contribution in [0.5, 0.6) is 11.5 Å². The average molecular weight is 469 g/mol. The van der Waals surface area contributed by atoms with Gasteiger partial charge < -0.3 is 14.8 Å². The first-order chi connectivity index (χ1) is 15.7. The fraction of sp³-hybridized carbons (Fsp3) is 0.240. The summed E-state index contributed by atoms with van der Waals surface area (Å²) in [7, 11) is -1.13. The largest absolute Gasteiger partial charge is 0.497 e. The van der Waals surface area contributed by atoms with Crippen molar-refractivity contribution in [1.29, 1.82) is 0 Å². The van der Waals surface area contributed by atoms with Crippen LogP contribution < -0.4 is 19.1 Å². The summed E-state index contributed by atoms with van der Waals surface area (Å²) >= 11 is 0. The van der Waals surface area contributed by atoms with Crippen LogP contribution in [0.2, 0.25) is 0 Å². The lowest BCUT2D eigenvalue weighted by molar-refractivity contribution is -0.114. The molecular formula is C25H28N2O5S. The van der Waals surface area contributed by atoms with Gasteiger partial charge in [0.25, 0.3) is 10.0 Å². The Bertz CT molecular complexity index is 1250. The van der Waals surface area contributed by atoms with E-state index in [1.165, 1.54) is 26.4 Å². The Morgan fingerprint density at radius 2 is 1.64 bits per heavy atom. The van der Waals surface area contributed by atoms with Crippen molar-refractivity contribution in [3.05, 3.63) is 77.4 Å². The number of methoxy groups -OCH3 is 2. The van der Waals surface area contributed by atoms with Gasteiger partial charge in [-0.25, -0.2) is 8.42 Å². The van der Waals surface area contributed by atoms with E-state index in [-0.39, 0.29) is 16.3 Å². The molecule has 0 saturated heterocycles. The first-order valence-corrected chi connectivity index (χ1v) is 11.8. The number of hydrogen-bond acceptors (Lipinski definition) is 5. The molecule has 174 valence electrons.